The Balaban J connectivity index is 2.59. The molecule has 1 aromatic rings. The highest BCUT2D eigenvalue weighted by Gasteiger charge is 2.16. The van der Waals surface area contributed by atoms with E-state index in [1.165, 1.54) is 7.11 Å². The van der Waals surface area contributed by atoms with E-state index in [0.29, 0.717) is 23.4 Å². The maximum Gasteiger partial charge on any atom is 0.309 e. The second-order valence-corrected chi connectivity index (χ2v) is 4.95. The number of carbonyl (C=O) groups is 1. The largest absolute Gasteiger partial charge is 0.469 e. The molecule has 0 fully saturated rings. The number of aromatic nitrogens is 1. The molecule has 4 nitrogen and oxygen atoms in total. The van der Waals surface area contributed by atoms with Gasteiger partial charge in [-0.3, -0.25) is 4.79 Å². The Morgan fingerprint density at radius 3 is 2.72 bits per heavy atom. The fourth-order valence-corrected chi connectivity index (χ4v) is 2.06. The van der Waals surface area contributed by atoms with E-state index in [-0.39, 0.29) is 11.9 Å². The summed E-state index contributed by atoms with van der Waals surface area (Å²) in [5, 5.41) is 0.759. The number of halogens is 2. The predicted octanol–water partition coefficient (Wildman–Crippen LogP) is 2.63. The monoisotopic (exact) mass is 290 g/mol. The average molecular weight is 291 g/mol. The average Bonchev–Trinajstić information content (AvgIpc) is 2.31. The number of carbonyl (C=O) groups excluding carboxylic acids is 1. The summed E-state index contributed by atoms with van der Waals surface area (Å²) in [6.07, 6.45) is 0. The van der Waals surface area contributed by atoms with Crippen molar-refractivity contribution in [3.63, 3.8) is 0 Å². The zero-order valence-corrected chi connectivity index (χ0v) is 12.1. The molecule has 0 aliphatic carbocycles. The van der Waals surface area contributed by atoms with Crippen LogP contribution in [0.15, 0.2) is 12.1 Å². The summed E-state index contributed by atoms with van der Waals surface area (Å²) < 4.78 is 4.68. The third kappa shape index (κ3) is 4.44. The molecular formula is C12H16Cl2N2O2. The third-order valence-electron chi connectivity index (χ3n) is 2.52. The van der Waals surface area contributed by atoms with E-state index < -0.39 is 0 Å². The Hall–Kier alpha value is -0.840. The van der Waals surface area contributed by atoms with Crippen LogP contribution in [0.3, 0.4) is 0 Å². The highest BCUT2D eigenvalue weighted by Crippen LogP contribution is 2.18. The van der Waals surface area contributed by atoms with Crippen molar-refractivity contribution in [3.05, 3.63) is 28.0 Å². The highest BCUT2D eigenvalue weighted by molar-refractivity contribution is 6.32. The number of hydrogen-bond donors (Lipinski definition) is 0. The first-order chi connectivity index (χ1) is 8.43. The Labute approximate surface area is 117 Å². The second-order valence-electron chi connectivity index (χ2n) is 4.20. The lowest BCUT2D eigenvalue weighted by Crippen LogP contribution is -2.29. The molecule has 0 spiro atoms. The van der Waals surface area contributed by atoms with Gasteiger partial charge in [-0.05, 0) is 13.1 Å². The minimum atomic E-state index is -0.220. The third-order valence-corrected chi connectivity index (χ3v) is 3.06. The molecule has 0 aliphatic rings. The summed E-state index contributed by atoms with van der Waals surface area (Å²) in [7, 11) is 3.29. The van der Waals surface area contributed by atoms with Gasteiger partial charge in [-0.25, -0.2) is 4.98 Å². The number of esters is 1. The molecule has 1 unspecified atom stereocenters. The van der Waals surface area contributed by atoms with Gasteiger partial charge in [0.15, 0.2) is 0 Å². The number of methoxy groups -OCH3 is 1. The summed E-state index contributed by atoms with van der Waals surface area (Å²) in [5.74, 6) is -0.402. The van der Waals surface area contributed by atoms with E-state index in [1.54, 1.807) is 6.07 Å². The standard InChI is InChI=1S/C12H16Cl2N2O2/c1-8(12(17)18-3)6-16(2)7-9-4-5-10(13)15-11(9)14/h4-5,8H,6-7H2,1-3H3. The van der Waals surface area contributed by atoms with Gasteiger partial charge in [0.2, 0.25) is 0 Å². The fraction of sp³-hybridized carbons (Fsp3) is 0.500. The van der Waals surface area contributed by atoms with Gasteiger partial charge in [-0.15, -0.1) is 0 Å². The van der Waals surface area contributed by atoms with Crippen molar-refractivity contribution >= 4 is 29.2 Å². The Kier molecular flexibility index (Phi) is 5.85. The number of rotatable bonds is 5. The first kappa shape index (κ1) is 15.2. The summed E-state index contributed by atoms with van der Waals surface area (Å²) in [5.41, 5.74) is 0.876. The van der Waals surface area contributed by atoms with Crippen molar-refractivity contribution < 1.29 is 9.53 Å². The maximum atomic E-state index is 11.3. The SMILES string of the molecule is COC(=O)C(C)CN(C)Cc1ccc(Cl)nc1Cl. The van der Waals surface area contributed by atoms with Crippen LogP contribution in [0, 0.1) is 5.92 Å². The zero-order valence-electron chi connectivity index (χ0n) is 10.6. The molecule has 1 atom stereocenters. The molecule has 1 aromatic heterocycles. The quantitative estimate of drug-likeness (QED) is 0.618. The summed E-state index contributed by atoms with van der Waals surface area (Å²) in [6.45, 7) is 3.01. The lowest BCUT2D eigenvalue weighted by atomic mass is 10.1. The van der Waals surface area contributed by atoms with E-state index in [1.807, 2.05) is 24.9 Å². The summed E-state index contributed by atoms with van der Waals surface area (Å²) in [6, 6.07) is 3.53. The lowest BCUT2D eigenvalue weighted by molar-refractivity contribution is -0.145. The lowest BCUT2D eigenvalue weighted by Gasteiger charge is -2.20. The number of pyridine rings is 1. The normalized spacial score (nSPS) is 12.6. The highest BCUT2D eigenvalue weighted by atomic mass is 35.5. The van der Waals surface area contributed by atoms with E-state index >= 15 is 0 Å². The van der Waals surface area contributed by atoms with Gasteiger partial charge in [-0.2, -0.15) is 0 Å². The van der Waals surface area contributed by atoms with Crippen LogP contribution in [-0.2, 0) is 16.1 Å². The summed E-state index contributed by atoms with van der Waals surface area (Å²) >= 11 is 11.7. The van der Waals surface area contributed by atoms with Crippen molar-refractivity contribution in [1.82, 2.24) is 9.88 Å². The topological polar surface area (TPSA) is 42.4 Å². The Morgan fingerprint density at radius 2 is 2.17 bits per heavy atom. The van der Waals surface area contributed by atoms with Gasteiger partial charge in [-0.1, -0.05) is 36.2 Å². The van der Waals surface area contributed by atoms with Crippen LogP contribution in [0.2, 0.25) is 10.3 Å². The van der Waals surface area contributed by atoms with Crippen molar-refractivity contribution in [2.24, 2.45) is 5.92 Å². The summed E-state index contributed by atoms with van der Waals surface area (Å²) in [4.78, 5) is 17.3. The molecule has 0 bridgehead atoms. The van der Waals surface area contributed by atoms with Gasteiger partial charge < -0.3 is 9.64 Å². The van der Waals surface area contributed by atoms with Crippen LogP contribution >= 0.6 is 23.2 Å². The zero-order chi connectivity index (χ0) is 13.7. The van der Waals surface area contributed by atoms with Crippen LogP contribution in [-0.4, -0.2) is 36.6 Å². The van der Waals surface area contributed by atoms with Gasteiger partial charge in [0.25, 0.3) is 0 Å². The molecule has 100 valence electrons. The maximum absolute atomic E-state index is 11.3. The number of ether oxygens (including phenoxy) is 1. The van der Waals surface area contributed by atoms with Crippen LogP contribution in [0.4, 0.5) is 0 Å². The van der Waals surface area contributed by atoms with Gasteiger partial charge in [0.05, 0.1) is 13.0 Å². The molecule has 0 radical (unpaired) electrons. The van der Waals surface area contributed by atoms with Gasteiger partial charge in [0, 0.05) is 18.7 Å². The number of nitrogens with zero attached hydrogens (tertiary/aromatic N) is 2. The molecule has 1 heterocycles. The van der Waals surface area contributed by atoms with E-state index in [2.05, 4.69) is 9.72 Å². The smallest absolute Gasteiger partial charge is 0.309 e. The predicted molar refractivity (Wildman–Crippen MR) is 71.8 cm³/mol. The molecule has 0 aromatic carbocycles. The first-order valence-corrected chi connectivity index (χ1v) is 6.27. The van der Waals surface area contributed by atoms with Gasteiger partial charge in [0.1, 0.15) is 10.3 Å². The minimum absolute atomic E-state index is 0.181. The second kappa shape index (κ2) is 6.92. The molecule has 0 aliphatic heterocycles. The molecular weight excluding hydrogens is 275 g/mol. The van der Waals surface area contributed by atoms with Crippen molar-refractivity contribution in [3.8, 4) is 0 Å². The van der Waals surface area contributed by atoms with Crippen LogP contribution in [0.25, 0.3) is 0 Å². The molecule has 0 saturated heterocycles. The van der Waals surface area contributed by atoms with Crippen molar-refractivity contribution in [2.45, 2.75) is 13.5 Å². The van der Waals surface area contributed by atoms with E-state index in [9.17, 15) is 4.79 Å². The molecule has 18 heavy (non-hydrogen) atoms. The molecule has 0 N–H and O–H groups in total. The minimum Gasteiger partial charge on any atom is -0.469 e. The van der Waals surface area contributed by atoms with Gasteiger partial charge >= 0.3 is 5.97 Å². The van der Waals surface area contributed by atoms with Crippen LogP contribution in [0.5, 0.6) is 0 Å². The van der Waals surface area contributed by atoms with Crippen molar-refractivity contribution in [2.75, 3.05) is 20.7 Å². The van der Waals surface area contributed by atoms with E-state index in [4.69, 9.17) is 23.2 Å². The Morgan fingerprint density at radius 1 is 1.50 bits per heavy atom. The first-order valence-electron chi connectivity index (χ1n) is 5.51. The molecule has 0 saturated carbocycles. The molecule has 1 rings (SSSR count). The molecule has 0 amide bonds. The van der Waals surface area contributed by atoms with E-state index in [0.717, 1.165) is 5.56 Å². The fourth-order valence-electron chi connectivity index (χ4n) is 1.66. The van der Waals surface area contributed by atoms with Crippen LogP contribution < -0.4 is 0 Å². The Bertz CT molecular complexity index is 427. The number of hydrogen-bond acceptors (Lipinski definition) is 4. The van der Waals surface area contributed by atoms with Crippen molar-refractivity contribution in [1.29, 1.82) is 0 Å². The van der Waals surface area contributed by atoms with Crippen LogP contribution in [0.1, 0.15) is 12.5 Å². The molecule has 6 heteroatoms.